The molecule has 7 heteroatoms. The van der Waals surface area contributed by atoms with Gasteiger partial charge in [-0.1, -0.05) is 11.8 Å². The van der Waals surface area contributed by atoms with Gasteiger partial charge in [-0.05, 0) is 25.2 Å². The third-order valence-electron chi connectivity index (χ3n) is 2.91. The van der Waals surface area contributed by atoms with Crippen LogP contribution in [0.25, 0.3) is 0 Å². The monoisotopic (exact) mass is 298 g/mol. The van der Waals surface area contributed by atoms with Crippen LogP contribution in [0.5, 0.6) is 0 Å². The number of carboxylic acids is 1. The van der Waals surface area contributed by atoms with E-state index in [1.54, 1.807) is 10.8 Å². The quantitative estimate of drug-likeness (QED) is 0.419. The summed E-state index contributed by atoms with van der Waals surface area (Å²) in [6, 6.07) is 1.38. The number of thioether (sulfide) groups is 1. The second-order valence-electron chi connectivity index (χ2n) is 4.80. The van der Waals surface area contributed by atoms with Crippen LogP contribution >= 0.6 is 11.8 Å². The first kappa shape index (κ1) is 15.1. The third-order valence-corrected chi connectivity index (χ3v) is 3.89. The number of ether oxygens (including phenoxy) is 1. The molecule has 1 aromatic heterocycles. The molecule has 1 aliphatic carbocycles. The fourth-order valence-corrected chi connectivity index (χ4v) is 2.42. The molecule has 1 heterocycles. The zero-order chi connectivity index (χ0) is 14.4. The Labute approximate surface area is 121 Å². The van der Waals surface area contributed by atoms with Crippen molar-refractivity contribution in [3.63, 3.8) is 0 Å². The van der Waals surface area contributed by atoms with Gasteiger partial charge in [-0.15, -0.1) is 0 Å². The predicted molar refractivity (Wildman–Crippen MR) is 75.0 cm³/mol. The lowest BCUT2D eigenvalue weighted by Crippen LogP contribution is -2.15. The largest absolute Gasteiger partial charge is 0.481 e. The fraction of sp³-hybridized carbons (Fsp3) is 0.615. The minimum atomic E-state index is -0.924. The van der Waals surface area contributed by atoms with Gasteiger partial charge in [-0.3, -0.25) is 9.59 Å². The Kier molecular flexibility index (Phi) is 5.60. The van der Waals surface area contributed by atoms with Gasteiger partial charge >= 0.3 is 5.97 Å². The fourth-order valence-electron chi connectivity index (χ4n) is 1.70. The minimum absolute atomic E-state index is 0.103. The average Bonchev–Trinajstić information content (AvgIpc) is 3.22. The smallest absolute Gasteiger partial charge is 0.313 e. The Morgan fingerprint density at radius 2 is 2.35 bits per heavy atom. The second kappa shape index (κ2) is 7.44. The Bertz CT molecular complexity index is 513. The van der Waals surface area contributed by atoms with Crippen LogP contribution in [-0.2, 0) is 16.1 Å². The van der Waals surface area contributed by atoms with Crippen LogP contribution in [0.15, 0.2) is 22.2 Å². The Morgan fingerprint density at radius 3 is 3.05 bits per heavy atom. The van der Waals surface area contributed by atoms with E-state index in [0.717, 1.165) is 30.7 Å². The maximum atomic E-state index is 11.2. The van der Waals surface area contributed by atoms with Crippen LogP contribution in [0.3, 0.4) is 0 Å². The molecule has 0 spiro atoms. The third kappa shape index (κ3) is 5.34. The number of carbonyl (C=O) groups is 1. The number of aromatic nitrogens is 2. The number of aliphatic carboxylic acids is 1. The van der Waals surface area contributed by atoms with Crippen molar-refractivity contribution >= 4 is 17.7 Å². The zero-order valence-corrected chi connectivity index (χ0v) is 12.0. The number of rotatable bonds is 9. The molecule has 1 fully saturated rings. The molecule has 2 rings (SSSR count). The summed E-state index contributed by atoms with van der Waals surface area (Å²) in [5.41, 5.74) is -0.348. The van der Waals surface area contributed by atoms with Gasteiger partial charge in [0.25, 0.3) is 5.56 Å². The Balaban J connectivity index is 1.81. The molecular formula is C13H18N2O4S. The van der Waals surface area contributed by atoms with Crippen LogP contribution in [0, 0.1) is 5.92 Å². The number of hydrogen-bond acceptors (Lipinski definition) is 5. The van der Waals surface area contributed by atoms with E-state index in [1.165, 1.54) is 18.9 Å². The lowest BCUT2D eigenvalue weighted by molar-refractivity contribution is -0.133. The van der Waals surface area contributed by atoms with Crippen LogP contribution in [-0.4, -0.2) is 39.6 Å². The highest BCUT2D eigenvalue weighted by Crippen LogP contribution is 2.28. The van der Waals surface area contributed by atoms with Crippen LogP contribution in [0.1, 0.15) is 19.3 Å². The first-order valence-electron chi connectivity index (χ1n) is 6.65. The summed E-state index contributed by atoms with van der Waals surface area (Å²) in [5, 5.41) is 9.13. The van der Waals surface area contributed by atoms with Crippen LogP contribution in [0.2, 0.25) is 0 Å². The molecule has 1 saturated carbocycles. The van der Waals surface area contributed by atoms with Crippen molar-refractivity contribution in [3.05, 3.63) is 22.6 Å². The van der Waals surface area contributed by atoms with Gasteiger partial charge in [0.15, 0.2) is 5.16 Å². The molecule has 0 radical (unpaired) electrons. The van der Waals surface area contributed by atoms with E-state index in [0.29, 0.717) is 18.3 Å². The van der Waals surface area contributed by atoms with Crippen molar-refractivity contribution in [2.24, 2.45) is 5.92 Å². The van der Waals surface area contributed by atoms with E-state index in [9.17, 15) is 9.59 Å². The van der Waals surface area contributed by atoms with Crippen molar-refractivity contribution in [1.82, 2.24) is 9.55 Å². The summed E-state index contributed by atoms with van der Waals surface area (Å²) in [7, 11) is 0. The molecule has 1 N–H and O–H groups in total. The number of carboxylic acid groups (broad SMARTS) is 1. The maximum absolute atomic E-state index is 11.2. The van der Waals surface area contributed by atoms with Gasteiger partial charge in [0.2, 0.25) is 0 Å². The first-order chi connectivity index (χ1) is 9.65. The number of aryl methyl sites for hydroxylation is 1. The normalized spacial score (nSPS) is 14.4. The van der Waals surface area contributed by atoms with E-state index in [1.807, 2.05) is 0 Å². The van der Waals surface area contributed by atoms with E-state index in [2.05, 4.69) is 4.98 Å². The van der Waals surface area contributed by atoms with Gasteiger partial charge in [0.1, 0.15) is 0 Å². The molecule has 1 aromatic rings. The summed E-state index contributed by atoms with van der Waals surface area (Å²) >= 11 is 1.06. The molecule has 0 unspecified atom stereocenters. The first-order valence-corrected chi connectivity index (χ1v) is 7.63. The lowest BCUT2D eigenvalue weighted by atomic mass is 10.4. The number of hydrogen-bond donors (Lipinski definition) is 1. The highest BCUT2D eigenvalue weighted by Gasteiger charge is 2.20. The Hall–Kier alpha value is -1.34. The highest BCUT2D eigenvalue weighted by atomic mass is 32.2. The SMILES string of the molecule is O=C(O)CSc1nc(=O)ccn1CCCOCC1CC1. The molecule has 0 atom stereocenters. The van der Waals surface area contributed by atoms with Crippen LogP contribution in [0.4, 0.5) is 0 Å². The molecule has 110 valence electrons. The molecule has 0 aliphatic heterocycles. The summed E-state index contributed by atoms with van der Waals surface area (Å²) in [4.78, 5) is 25.7. The van der Waals surface area contributed by atoms with Gasteiger partial charge in [-0.2, -0.15) is 4.98 Å². The summed E-state index contributed by atoms with van der Waals surface area (Å²) in [6.07, 6.45) is 5.03. The number of nitrogens with zero attached hydrogens (tertiary/aromatic N) is 2. The highest BCUT2D eigenvalue weighted by molar-refractivity contribution is 7.99. The summed E-state index contributed by atoms with van der Waals surface area (Å²) < 4.78 is 7.35. The van der Waals surface area contributed by atoms with Gasteiger partial charge < -0.3 is 14.4 Å². The molecule has 0 saturated heterocycles. The van der Waals surface area contributed by atoms with E-state index < -0.39 is 5.97 Å². The molecule has 0 aromatic carbocycles. The van der Waals surface area contributed by atoms with Crippen molar-refractivity contribution < 1.29 is 14.6 Å². The van der Waals surface area contributed by atoms with E-state index in [4.69, 9.17) is 9.84 Å². The minimum Gasteiger partial charge on any atom is -0.481 e. The topological polar surface area (TPSA) is 81.4 Å². The molecule has 0 amide bonds. The zero-order valence-electron chi connectivity index (χ0n) is 11.2. The molecule has 6 nitrogen and oxygen atoms in total. The molecule has 20 heavy (non-hydrogen) atoms. The Morgan fingerprint density at radius 1 is 1.55 bits per heavy atom. The van der Waals surface area contributed by atoms with E-state index >= 15 is 0 Å². The van der Waals surface area contributed by atoms with Crippen molar-refractivity contribution in [2.75, 3.05) is 19.0 Å². The average molecular weight is 298 g/mol. The molecule has 0 bridgehead atoms. The molecular weight excluding hydrogens is 280 g/mol. The van der Waals surface area contributed by atoms with Crippen molar-refractivity contribution in [3.8, 4) is 0 Å². The maximum Gasteiger partial charge on any atom is 0.313 e. The summed E-state index contributed by atoms with van der Waals surface area (Å²) in [5.74, 6) is -0.271. The van der Waals surface area contributed by atoms with Crippen molar-refractivity contribution in [2.45, 2.75) is 31.0 Å². The van der Waals surface area contributed by atoms with E-state index in [-0.39, 0.29) is 11.3 Å². The van der Waals surface area contributed by atoms with Crippen LogP contribution < -0.4 is 5.56 Å². The predicted octanol–water partition coefficient (Wildman–Crippen LogP) is 1.24. The summed E-state index contributed by atoms with van der Waals surface area (Å²) in [6.45, 7) is 2.18. The standard InChI is InChI=1S/C13H18N2O4S/c16-11-4-6-15(13(14-11)20-9-12(17)18)5-1-7-19-8-10-2-3-10/h4,6,10H,1-3,5,7-9H2,(H,17,18). The van der Waals surface area contributed by atoms with Gasteiger partial charge in [0.05, 0.1) is 5.75 Å². The van der Waals surface area contributed by atoms with Gasteiger partial charge in [0, 0.05) is 32.0 Å². The second-order valence-corrected chi connectivity index (χ2v) is 5.74. The molecule has 1 aliphatic rings. The lowest BCUT2D eigenvalue weighted by Gasteiger charge is -2.10. The van der Waals surface area contributed by atoms with Crippen molar-refractivity contribution in [1.29, 1.82) is 0 Å². The van der Waals surface area contributed by atoms with Gasteiger partial charge in [-0.25, -0.2) is 0 Å².